The Balaban J connectivity index is 1.00. The summed E-state index contributed by atoms with van der Waals surface area (Å²) in [6.45, 7) is 7.81. The van der Waals surface area contributed by atoms with Gasteiger partial charge >= 0.3 is 24.1 Å². The number of carbonyl (C=O) groups is 13. The zero-order valence-electron chi connectivity index (χ0n) is 62.9. The minimum Gasteiger partial charge on any atom is -0.508 e. The quantitative estimate of drug-likeness (QED) is 0.0130. The first-order chi connectivity index (χ1) is 52.9. The number of esters is 2. The van der Waals surface area contributed by atoms with Gasteiger partial charge in [-0.05, 0) is 119 Å². The summed E-state index contributed by atoms with van der Waals surface area (Å²) in [5.41, 5.74) is 8.41. The van der Waals surface area contributed by atoms with Gasteiger partial charge in [0.2, 0.25) is 47.3 Å². The Hall–Kier alpha value is -12.6. The number of ether oxygens (including phenoxy) is 4. The molecule has 0 aliphatic heterocycles. The second-order valence-corrected chi connectivity index (χ2v) is 28.2. The van der Waals surface area contributed by atoms with Crippen LogP contribution in [0, 0.1) is 0 Å². The van der Waals surface area contributed by atoms with E-state index in [9.17, 15) is 67.4 Å². The molecule has 1 heterocycles. The molecule has 6 aromatic carbocycles. The number of aromatic nitrogens is 1. The van der Waals surface area contributed by atoms with Crippen molar-refractivity contribution in [1.29, 1.82) is 0 Å². The van der Waals surface area contributed by atoms with Crippen LogP contribution in [0.1, 0.15) is 126 Å². The van der Waals surface area contributed by atoms with E-state index < -0.39 is 150 Å². The van der Waals surface area contributed by atoms with E-state index in [2.05, 4.69) is 58.2 Å². The fourth-order valence-corrected chi connectivity index (χ4v) is 11.4. The molecular weight excluding hydrogens is 1430 g/mol. The van der Waals surface area contributed by atoms with Crippen LogP contribution < -0.4 is 58.9 Å². The normalized spacial score (nSPS) is 12.8. The van der Waals surface area contributed by atoms with E-state index in [0.717, 1.165) is 22.0 Å². The molecule has 1 aromatic heterocycles. The molecule has 0 unspecified atom stereocenters. The van der Waals surface area contributed by atoms with Crippen LogP contribution in [0.4, 0.5) is 9.59 Å². The van der Waals surface area contributed by atoms with Crippen LogP contribution in [0.5, 0.6) is 5.75 Å². The van der Waals surface area contributed by atoms with Crippen LogP contribution in [0.25, 0.3) is 10.9 Å². The predicted molar refractivity (Wildman–Crippen MR) is 409 cm³/mol. The van der Waals surface area contributed by atoms with E-state index in [0.29, 0.717) is 22.3 Å². The number of benzene rings is 6. The molecule has 6 atom stereocenters. The molecule has 0 aliphatic rings. The smallest absolute Gasteiger partial charge is 0.408 e. The molecule has 7 aromatic rings. The lowest BCUT2D eigenvalue weighted by molar-refractivity contribution is -0.156. The second-order valence-electron chi connectivity index (χ2n) is 28.2. The first kappa shape index (κ1) is 85.6. The minimum absolute atomic E-state index is 0.0189. The Morgan fingerprint density at radius 1 is 0.432 bits per heavy atom. The molecule has 0 radical (unpaired) electrons. The lowest BCUT2D eigenvalue weighted by Gasteiger charge is -2.27. The number of primary amides is 1. The van der Waals surface area contributed by atoms with Crippen LogP contribution in [0.3, 0.4) is 0 Å². The Morgan fingerprint density at radius 2 is 0.892 bits per heavy atom. The van der Waals surface area contributed by atoms with Crippen molar-refractivity contribution < 1.29 is 86.4 Å². The molecule has 0 bridgehead atoms. The molecule has 0 saturated heterocycles. The molecular formula is C81H98N12O18. The van der Waals surface area contributed by atoms with E-state index in [1.54, 1.807) is 114 Å². The van der Waals surface area contributed by atoms with E-state index in [1.807, 2.05) is 78.9 Å². The van der Waals surface area contributed by atoms with Crippen molar-refractivity contribution in [3.05, 3.63) is 209 Å². The molecule has 0 aliphatic carbocycles. The number of nitrogens with one attached hydrogen (secondary N) is 11. The number of phenolic OH excluding ortho intramolecular Hbond substituents is 1. The molecule has 14 N–H and O–H groups in total. The fraction of sp³-hybridized carbons (Fsp3) is 0.370. The molecule has 0 fully saturated rings. The fourth-order valence-electron chi connectivity index (χ4n) is 11.4. The van der Waals surface area contributed by atoms with Gasteiger partial charge in [-0.15, -0.1) is 0 Å². The SMILES string of the molecule is CC(C)(C)OC(=O)C[C@H](NC(=O)[C@H](CCCNC(=O)CCC(=O)NCCC[C@H](NC(=O)[C@H](Cc1ccc(O)cc1)NC(=O)OC(C)(C)C)C(=O)NCC(=O)OCC(=O)NC(c1ccccc1)c1ccccc1)NC(=O)[C@H](Cc1c[nH]c2ccccc12)NC(=O)OCc1ccccc1)C(=O)N[C@@H](Cc1ccccc1)C(N)=O. The summed E-state index contributed by atoms with van der Waals surface area (Å²) in [4.78, 5) is 181. The van der Waals surface area contributed by atoms with Crippen LogP contribution in [-0.2, 0) is 97.6 Å². The number of nitrogens with two attached hydrogens (primary N) is 1. The largest absolute Gasteiger partial charge is 0.508 e. The molecule has 111 heavy (non-hydrogen) atoms. The van der Waals surface area contributed by atoms with E-state index in [4.69, 9.17) is 24.7 Å². The molecule has 11 amide bonds. The zero-order valence-corrected chi connectivity index (χ0v) is 62.9. The summed E-state index contributed by atoms with van der Waals surface area (Å²) in [6, 6.07) is 39.3. The lowest BCUT2D eigenvalue weighted by Crippen LogP contribution is -2.59. The van der Waals surface area contributed by atoms with Gasteiger partial charge in [-0.1, -0.05) is 152 Å². The highest BCUT2D eigenvalue weighted by molar-refractivity contribution is 5.98. The number of phenols is 1. The van der Waals surface area contributed by atoms with E-state index in [1.165, 1.54) is 24.3 Å². The molecule has 30 nitrogen and oxygen atoms in total. The van der Waals surface area contributed by atoms with Crippen LogP contribution in [-0.4, -0.2) is 161 Å². The van der Waals surface area contributed by atoms with Crippen molar-refractivity contribution in [2.45, 2.75) is 166 Å². The van der Waals surface area contributed by atoms with Gasteiger partial charge in [0.15, 0.2) is 6.61 Å². The van der Waals surface area contributed by atoms with Crippen molar-refractivity contribution in [3.63, 3.8) is 0 Å². The summed E-state index contributed by atoms with van der Waals surface area (Å²) < 4.78 is 21.7. The standard InChI is InChI=1S/C81H98N12O18/c1-80(2,3)110-69(98)46-65(77(105)89-62(72(82)100)43-51-23-11-7-12-24-51)90-74(102)61(88-76(104)64(45-56-47-85-59-32-20-19-31-58(56)59)91-78(106)109-49-53-25-13-8-14-26-53)34-22-42-84-67(96)40-39-66(95)83-41-21-33-60(87-75(103)63(92-79(107)111-81(4,5)6)44-52-35-37-57(94)38-36-52)73(101)86-48-70(99)108-50-68(97)93-71(54-27-15-9-16-28-54)55-29-17-10-18-30-55/h7-20,23-32,35-38,47,60-65,71,85,94H,21-22,33-34,39-46,48-50H2,1-6H3,(H2,82,100)(H,83,95)(H,84,96)(H,86,101)(H,87,103)(H,88,104)(H,89,105)(H,90,102)(H,91,106)(H,92,107)(H,93,97)/t60-,61-,62-,63-,64-,65-/m0/s1. The van der Waals surface area contributed by atoms with Gasteiger partial charge in [0, 0.05) is 62.3 Å². The third kappa shape index (κ3) is 30.9. The number of aromatic amines is 1. The van der Waals surface area contributed by atoms with Crippen molar-refractivity contribution in [2.24, 2.45) is 5.73 Å². The number of rotatable bonds is 40. The molecule has 30 heteroatoms. The second kappa shape index (κ2) is 42.8. The number of hydrogen-bond acceptors (Lipinski definition) is 18. The first-order valence-electron chi connectivity index (χ1n) is 36.4. The highest BCUT2D eigenvalue weighted by Crippen LogP contribution is 2.23. The topological polar surface area (TPSA) is 441 Å². The summed E-state index contributed by atoms with van der Waals surface area (Å²) in [5, 5.41) is 36.9. The molecule has 0 spiro atoms. The summed E-state index contributed by atoms with van der Waals surface area (Å²) in [5.74, 6) is -9.33. The number of amides is 11. The maximum atomic E-state index is 14.8. The average molecular weight is 1530 g/mol. The van der Waals surface area contributed by atoms with Gasteiger partial charge in [0.1, 0.15) is 66.4 Å². The van der Waals surface area contributed by atoms with Gasteiger partial charge in [0.05, 0.1) is 12.5 Å². The predicted octanol–water partition coefficient (Wildman–Crippen LogP) is 5.38. The van der Waals surface area contributed by atoms with Crippen LogP contribution in [0.2, 0.25) is 0 Å². The highest BCUT2D eigenvalue weighted by Gasteiger charge is 2.35. The Kier molecular flexibility index (Phi) is 33.0. The maximum absolute atomic E-state index is 14.8. The Bertz CT molecular complexity index is 4250. The number of H-pyrrole nitrogens is 1. The van der Waals surface area contributed by atoms with Gasteiger partial charge in [-0.2, -0.15) is 0 Å². The first-order valence-corrected chi connectivity index (χ1v) is 36.4. The van der Waals surface area contributed by atoms with Gasteiger partial charge in [0.25, 0.3) is 5.91 Å². The number of para-hydroxylation sites is 1. The molecule has 7 rings (SSSR count). The number of alkyl carbamates (subject to hydrolysis) is 2. The maximum Gasteiger partial charge on any atom is 0.408 e. The monoisotopic (exact) mass is 1530 g/mol. The van der Waals surface area contributed by atoms with Gasteiger partial charge in [-0.3, -0.25) is 52.7 Å². The van der Waals surface area contributed by atoms with Crippen molar-refractivity contribution in [2.75, 3.05) is 26.2 Å². The summed E-state index contributed by atoms with van der Waals surface area (Å²) in [6.07, 6.45) is -2.45. The van der Waals surface area contributed by atoms with E-state index in [-0.39, 0.29) is 83.2 Å². The number of hydrogen-bond donors (Lipinski definition) is 13. The lowest BCUT2D eigenvalue weighted by atomic mass is 9.99. The number of carbonyl (C=O) groups excluding carboxylic acids is 13. The van der Waals surface area contributed by atoms with Crippen LogP contribution >= 0.6 is 0 Å². The molecule has 590 valence electrons. The van der Waals surface area contributed by atoms with Gasteiger partial charge < -0.3 is 87.9 Å². The number of fused-ring (bicyclic) bond motifs is 1. The summed E-state index contributed by atoms with van der Waals surface area (Å²) in [7, 11) is 0. The van der Waals surface area contributed by atoms with Gasteiger partial charge in [-0.25, -0.2) is 9.59 Å². The van der Waals surface area contributed by atoms with Crippen molar-refractivity contribution in [1.82, 2.24) is 58.2 Å². The number of aromatic hydroxyl groups is 1. The third-order valence-electron chi connectivity index (χ3n) is 16.8. The minimum atomic E-state index is -1.72. The zero-order chi connectivity index (χ0) is 80.5. The third-order valence-corrected chi connectivity index (χ3v) is 16.8. The molecule has 0 saturated carbocycles. The average Bonchev–Trinajstić information content (AvgIpc) is 1.77. The Labute approximate surface area is 642 Å². The van der Waals surface area contributed by atoms with E-state index >= 15 is 0 Å². The highest BCUT2D eigenvalue weighted by atomic mass is 16.6. The van der Waals surface area contributed by atoms with Crippen molar-refractivity contribution >= 4 is 88.2 Å². The van der Waals surface area contributed by atoms with Crippen LogP contribution in [0.15, 0.2) is 176 Å². The van der Waals surface area contributed by atoms with Crippen molar-refractivity contribution in [3.8, 4) is 5.75 Å². The summed E-state index contributed by atoms with van der Waals surface area (Å²) >= 11 is 0. The Morgan fingerprint density at radius 3 is 1.45 bits per heavy atom.